The van der Waals surface area contributed by atoms with Crippen LogP contribution >= 0.6 is 0 Å². The highest BCUT2D eigenvalue weighted by Crippen LogP contribution is 2.36. The van der Waals surface area contributed by atoms with Gasteiger partial charge in [-0.15, -0.1) is 0 Å². The summed E-state index contributed by atoms with van der Waals surface area (Å²) in [7, 11) is 0. The normalized spacial score (nSPS) is 12.7. The van der Waals surface area contributed by atoms with Gasteiger partial charge in [0, 0.05) is 18.1 Å². The minimum Gasteiger partial charge on any atom is -0.461 e. The number of rotatable bonds is 3. The maximum Gasteiger partial charge on any atom is 0.339 e. The van der Waals surface area contributed by atoms with E-state index in [4.69, 9.17) is 9.47 Å². The van der Waals surface area contributed by atoms with E-state index >= 15 is 0 Å². The zero-order chi connectivity index (χ0) is 15.7. The molecule has 112 valence electrons. The lowest BCUT2D eigenvalue weighted by molar-refractivity contribution is -0.142. The first kappa shape index (κ1) is 14.3. The molecule has 4 heteroatoms. The van der Waals surface area contributed by atoms with Crippen LogP contribution in [0.1, 0.15) is 34.0 Å². The predicted molar refractivity (Wildman–Crippen MR) is 81.2 cm³/mol. The molecule has 4 nitrogen and oxygen atoms in total. The van der Waals surface area contributed by atoms with Crippen LogP contribution in [0, 0.1) is 6.92 Å². The highest BCUT2D eigenvalue weighted by Gasteiger charge is 2.28. The molecule has 0 saturated heterocycles. The van der Waals surface area contributed by atoms with Crippen LogP contribution in [0.4, 0.5) is 0 Å². The Hall–Kier alpha value is -2.62. The molecule has 22 heavy (non-hydrogen) atoms. The molecule has 2 aromatic carbocycles. The zero-order valence-corrected chi connectivity index (χ0v) is 12.5. The van der Waals surface area contributed by atoms with E-state index in [1.54, 1.807) is 0 Å². The molecular formula is C18H16O4. The fourth-order valence-corrected chi connectivity index (χ4v) is 2.72. The molecule has 0 atom stereocenters. The maximum atomic E-state index is 12.1. The number of benzene rings is 2. The third kappa shape index (κ3) is 2.48. The SMILES string of the molecule is CC(=O)OCc1ccc2c(c1-c1ccccc1C)C(=O)OC2. The van der Waals surface area contributed by atoms with Crippen LogP contribution in [0.25, 0.3) is 11.1 Å². The second kappa shape index (κ2) is 5.64. The molecule has 1 heterocycles. The topological polar surface area (TPSA) is 52.6 Å². The van der Waals surface area contributed by atoms with E-state index < -0.39 is 0 Å². The number of carbonyl (C=O) groups is 2. The second-order valence-corrected chi connectivity index (χ2v) is 5.31. The summed E-state index contributed by atoms with van der Waals surface area (Å²) in [5.41, 5.74) is 5.08. The average molecular weight is 296 g/mol. The number of hydrogen-bond donors (Lipinski definition) is 0. The average Bonchev–Trinajstić information content (AvgIpc) is 2.87. The summed E-state index contributed by atoms with van der Waals surface area (Å²) in [5, 5.41) is 0. The Morgan fingerprint density at radius 1 is 1.18 bits per heavy atom. The quantitative estimate of drug-likeness (QED) is 0.815. The van der Waals surface area contributed by atoms with Gasteiger partial charge in [-0.2, -0.15) is 0 Å². The summed E-state index contributed by atoms with van der Waals surface area (Å²) >= 11 is 0. The Morgan fingerprint density at radius 3 is 2.68 bits per heavy atom. The number of esters is 2. The van der Waals surface area contributed by atoms with Crippen LogP contribution in [-0.4, -0.2) is 11.9 Å². The monoisotopic (exact) mass is 296 g/mol. The van der Waals surface area contributed by atoms with Gasteiger partial charge in [-0.1, -0.05) is 36.4 Å². The Kier molecular flexibility index (Phi) is 3.67. The number of hydrogen-bond acceptors (Lipinski definition) is 4. The first-order valence-electron chi connectivity index (χ1n) is 7.09. The molecule has 0 aromatic heterocycles. The zero-order valence-electron chi connectivity index (χ0n) is 12.5. The van der Waals surface area contributed by atoms with Crippen LogP contribution in [-0.2, 0) is 27.5 Å². The fraction of sp³-hybridized carbons (Fsp3) is 0.222. The van der Waals surface area contributed by atoms with Gasteiger partial charge in [0.05, 0.1) is 5.56 Å². The van der Waals surface area contributed by atoms with Crippen LogP contribution in [0.2, 0.25) is 0 Å². The standard InChI is InChI=1S/C18H16O4/c1-11-5-3-4-6-15(11)16-13(9-21-12(2)19)7-8-14-10-22-18(20)17(14)16/h3-8H,9-10H2,1-2H3. The van der Waals surface area contributed by atoms with Crippen molar-refractivity contribution in [2.45, 2.75) is 27.1 Å². The van der Waals surface area contributed by atoms with Crippen molar-refractivity contribution in [3.05, 3.63) is 58.7 Å². The summed E-state index contributed by atoms with van der Waals surface area (Å²) in [6.07, 6.45) is 0. The molecular weight excluding hydrogens is 280 g/mol. The van der Waals surface area contributed by atoms with E-state index in [1.165, 1.54) is 6.92 Å². The molecule has 0 fully saturated rings. The van der Waals surface area contributed by atoms with Crippen molar-refractivity contribution in [2.24, 2.45) is 0 Å². The first-order chi connectivity index (χ1) is 10.6. The van der Waals surface area contributed by atoms with Crippen molar-refractivity contribution in [1.82, 2.24) is 0 Å². The fourth-order valence-electron chi connectivity index (χ4n) is 2.72. The van der Waals surface area contributed by atoms with Gasteiger partial charge in [-0.05, 0) is 23.6 Å². The van der Waals surface area contributed by atoms with Gasteiger partial charge >= 0.3 is 11.9 Å². The third-order valence-corrected chi connectivity index (χ3v) is 3.79. The molecule has 0 bridgehead atoms. The summed E-state index contributed by atoms with van der Waals surface area (Å²) in [4.78, 5) is 23.2. The summed E-state index contributed by atoms with van der Waals surface area (Å²) in [5.74, 6) is -0.670. The second-order valence-electron chi connectivity index (χ2n) is 5.31. The number of carbonyl (C=O) groups excluding carboxylic acids is 2. The van der Waals surface area contributed by atoms with E-state index in [0.29, 0.717) is 12.2 Å². The van der Waals surface area contributed by atoms with Crippen molar-refractivity contribution in [3.8, 4) is 11.1 Å². The Labute approximate surface area is 128 Å². The van der Waals surface area contributed by atoms with Crippen LogP contribution in [0.5, 0.6) is 0 Å². The molecule has 1 aliphatic heterocycles. The lowest BCUT2D eigenvalue weighted by Gasteiger charge is -2.15. The smallest absolute Gasteiger partial charge is 0.339 e. The molecule has 0 saturated carbocycles. The van der Waals surface area contributed by atoms with Gasteiger partial charge in [0.15, 0.2) is 0 Å². The highest BCUT2D eigenvalue weighted by molar-refractivity contribution is 6.02. The number of aryl methyl sites for hydroxylation is 1. The minimum atomic E-state index is -0.348. The summed E-state index contributed by atoms with van der Waals surface area (Å²) in [6, 6.07) is 11.6. The van der Waals surface area contributed by atoms with Crippen molar-refractivity contribution < 1.29 is 19.1 Å². The highest BCUT2D eigenvalue weighted by atomic mass is 16.5. The van der Waals surface area contributed by atoms with E-state index in [1.807, 2.05) is 43.3 Å². The third-order valence-electron chi connectivity index (χ3n) is 3.79. The largest absolute Gasteiger partial charge is 0.461 e. The van der Waals surface area contributed by atoms with Gasteiger partial charge in [0.2, 0.25) is 0 Å². The van der Waals surface area contributed by atoms with Crippen molar-refractivity contribution in [3.63, 3.8) is 0 Å². The summed E-state index contributed by atoms with van der Waals surface area (Å²) < 4.78 is 10.3. The summed E-state index contributed by atoms with van der Waals surface area (Å²) in [6.45, 7) is 3.79. The molecule has 0 unspecified atom stereocenters. The number of fused-ring (bicyclic) bond motifs is 1. The van der Waals surface area contributed by atoms with E-state index in [-0.39, 0.29) is 18.5 Å². The lowest BCUT2D eigenvalue weighted by atomic mass is 9.90. The van der Waals surface area contributed by atoms with Gasteiger partial charge in [0.1, 0.15) is 13.2 Å². The predicted octanol–water partition coefficient (Wildman–Crippen LogP) is 3.40. The molecule has 2 aromatic rings. The van der Waals surface area contributed by atoms with E-state index in [2.05, 4.69) is 0 Å². The van der Waals surface area contributed by atoms with Crippen LogP contribution < -0.4 is 0 Å². The lowest BCUT2D eigenvalue weighted by Crippen LogP contribution is -2.05. The van der Waals surface area contributed by atoms with Crippen molar-refractivity contribution in [2.75, 3.05) is 0 Å². The van der Waals surface area contributed by atoms with E-state index in [9.17, 15) is 9.59 Å². The molecule has 1 aliphatic rings. The van der Waals surface area contributed by atoms with Crippen molar-refractivity contribution in [1.29, 1.82) is 0 Å². The molecule has 3 rings (SSSR count). The van der Waals surface area contributed by atoms with Gasteiger partial charge in [0.25, 0.3) is 0 Å². The molecule has 0 N–H and O–H groups in total. The van der Waals surface area contributed by atoms with Gasteiger partial charge in [-0.25, -0.2) is 4.79 Å². The van der Waals surface area contributed by atoms with Gasteiger partial charge < -0.3 is 9.47 Å². The molecule has 0 amide bonds. The number of cyclic esters (lactones) is 1. The minimum absolute atomic E-state index is 0.138. The van der Waals surface area contributed by atoms with E-state index in [0.717, 1.165) is 27.8 Å². The first-order valence-corrected chi connectivity index (χ1v) is 7.09. The van der Waals surface area contributed by atoms with Crippen molar-refractivity contribution >= 4 is 11.9 Å². The Morgan fingerprint density at radius 2 is 1.95 bits per heavy atom. The Balaban J connectivity index is 2.20. The maximum absolute atomic E-state index is 12.1. The molecule has 0 spiro atoms. The van der Waals surface area contributed by atoms with Crippen LogP contribution in [0.15, 0.2) is 36.4 Å². The number of ether oxygens (including phenoxy) is 2. The van der Waals surface area contributed by atoms with Crippen LogP contribution in [0.3, 0.4) is 0 Å². The molecule has 0 aliphatic carbocycles. The van der Waals surface area contributed by atoms with Gasteiger partial charge in [-0.3, -0.25) is 4.79 Å². The molecule has 0 radical (unpaired) electrons. The Bertz CT molecular complexity index is 762.